The van der Waals surface area contributed by atoms with E-state index in [0.717, 1.165) is 11.1 Å². The topological polar surface area (TPSA) is 98.3 Å². The summed E-state index contributed by atoms with van der Waals surface area (Å²) in [5.41, 5.74) is 7.74. The average molecular weight is 285 g/mol. The molecule has 108 valence electrons. The molecule has 6 heteroatoms. The number of nitrogens with one attached hydrogen (secondary N) is 1. The Balaban J connectivity index is 2.15. The minimum Gasteiger partial charge on any atom is -0.399 e. The second-order valence-corrected chi connectivity index (χ2v) is 4.70. The SMILES string of the molecule is Cc1ccc([N+](=O)[O-])c(C(=O)NCc2ccc(N)cc2)c1. The number of carbonyl (C=O) groups is 1. The van der Waals surface area contributed by atoms with Crippen molar-refractivity contribution in [2.24, 2.45) is 0 Å². The second kappa shape index (κ2) is 6.04. The Morgan fingerprint density at radius 1 is 1.24 bits per heavy atom. The largest absolute Gasteiger partial charge is 0.399 e. The summed E-state index contributed by atoms with van der Waals surface area (Å²) < 4.78 is 0. The van der Waals surface area contributed by atoms with Gasteiger partial charge >= 0.3 is 0 Å². The van der Waals surface area contributed by atoms with Crippen molar-refractivity contribution >= 4 is 17.3 Å². The molecule has 6 nitrogen and oxygen atoms in total. The van der Waals surface area contributed by atoms with Gasteiger partial charge in [-0.15, -0.1) is 0 Å². The molecule has 0 saturated carbocycles. The summed E-state index contributed by atoms with van der Waals surface area (Å²) in [7, 11) is 0. The highest BCUT2D eigenvalue weighted by Gasteiger charge is 2.19. The van der Waals surface area contributed by atoms with Gasteiger partial charge in [-0.25, -0.2) is 0 Å². The number of anilines is 1. The zero-order valence-corrected chi connectivity index (χ0v) is 11.5. The van der Waals surface area contributed by atoms with Crippen LogP contribution in [-0.4, -0.2) is 10.8 Å². The molecule has 21 heavy (non-hydrogen) atoms. The van der Waals surface area contributed by atoms with Crippen LogP contribution >= 0.6 is 0 Å². The van der Waals surface area contributed by atoms with Gasteiger partial charge in [0.25, 0.3) is 11.6 Å². The third-order valence-corrected chi connectivity index (χ3v) is 3.03. The Hall–Kier alpha value is -2.89. The highest BCUT2D eigenvalue weighted by atomic mass is 16.6. The first kappa shape index (κ1) is 14.5. The van der Waals surface area contributed by atoms with E-state index in [2.05, 4.69) is 5.32 Å². The molecule has 0 fully saturated rings. The molecule has 0 unspecified atom stereocenters. The van der Waals surface area contributed by atoms with Crippen LogP contribution in [0.15, 0.2) is 42.5 Å². The van der Waals surface area contributed by atoms with Gasteiger partial charge in [0, 0.05) is 18.3 Å². The number of hydrogen-bond acceptors (Lipinski definition) is 4. The summed E-state index contributed by atoms with van der Waals surface area (Å²) in [6.07, 6.45) is 0. The van der Waals surface area contributed by atoms with Gasteiger partial charge in [-0.3, -0.25) is 14.9 Å². The van der Waals surface area contributed by atoms with Crippen molar-refractivity contribution in [3.05, 3.63) is 69.3 Å². The predicted molar refractivity (Wildman–Crippen MR) is 79.9 cm³/mol. The highest BCUT2D eigenvalue weighted by Crippen LogP contribution is 2.19. The molecule has 0 aromatic heterocycles. The van der Waals surface area contributed by atoms with Gasteiger partial charge in [0.1, 0.15) is 5.56 Å². The van der Waals surface area contributed by atoms with Gasteiger partial charge in [0.2, 0.25) is 0 Å². The molecule has 0 aliphatic carbocycles. The number of nitrogen functional groups attached to an aromatic ring is 1. The molecule has 0 radical (unpaired) electrons. The first-order valence-electron chi connectivity index (χ1n) is 6.35. The first-order valence-corrected chi connectivity index (χ1v) is 6.35. The van der Waals surface area contributed by atoms with E-state index in [-0.39, 0.29) is 17.8 Å². The number of aryl methyl sites for hydroxylation is 1. The standard InChI is InChI=1S/C15H15N3O3/c1-10-2-7-14(18(20)21)13(8-10)15(19)17-9-11-3-5-12(16)6-4-11/h2-8H,9,16H2,1H3,(H,17,19). The number of hydrogen-bond donors (Lipinski definition) is 2. The summed E-state index contributed by atoms with van der Waals surface area (Å²) >= 11 is 0. The van der Waals surface area contributed by atoms with Crippen molar-refractivity contribution in [2.75, 3.05) is 5.73 Å². The average Bonchev–Trinajstić information content (AvgIpc) is 2.46. The maximum absolute atomic E-state index is 12.1. The molecule has 0 aliphatic heterocycles. The molecular weight excluding hydrogens is 270 g/mol. The van der Waals surface area contributed by atoms with Crippen LogP contribution in [0.25, 0.3) is 0 Å². The summed E-state index contributed by atoms with van der Waals surface area (Å²) in [5.74, 6) is -0.470. The monoisotopic (exact) mass is 285 g/mol. The number of nitrogens with two attached hydrogens (primary N) is 1. The van der Waals surface area contributed by atoms with E-state index in [1.54, 1.807) is 37.3 Å². The summed E-state index contributed by atoms with van der Waals surface area (Å²) in [4.78, 5) is 22.5. The molecule has 0 atom stereocenters. The van der Waals surface area contributed by atoms with E-state index < -0.39 is 10.8 Å². The van der Waals surface area contributed by atoms with E-state index in [1.807, 2.05) is 0 Å². The number of rotatable bonds is 4. The van der Waals surface area contributed by atoms with Crippen molar-refractivity contribution in [2.45, 2.75) is 13.5 Å². The zero-order chi connectivity index (χ0) is 15.4. The fourth-order valence-corrected chi connectivity index (χ4v) is 1.90. The molecule has 2 aromatic carbocycles. The molecule has 0 aliphatic rings. The van der Waals surface area contributed by atoms with Crippen LogP contribution in [-0.2, 0) is 6.54 Å². The van der Waals surface area contributed by atoms with Crippen molar-refractivity contribution in [3.63, 3.8) is 0 Å². The van der Waals surface area contributed by atoms with Gasteiger partial charge in [-0.1, -0.05) is 18.2 Å². The molecule has 3 N–H and O–H groups in total. The van der Waals surface area contributed by atoms with Crippen molar-refractivity contribution in [3.8, 4) is 0 Å². The lowest BCUT2D eigenvalue weighted by atomic mass is 10.1. The molecule has 0 saturated heterocycles. The zero-order valence-electron chi connectivity index (χ0n) is 11.5. The van der Waals surface area contributed by atoms with Crippen molar-refractivity contribution in [1.29, 1.82) is 0 Å². The summed E-state index contributed by atoms with van der Waals surface area (Å²) in [6, 6.07) is 11.5. The molecular formula is C15H15N3O3. The van der Waals surface area contributed by atoms with Crippen LogP contribution in [0.1, 0.15) is 21.5 Å². The molecule has 2 aromatic rings. The minimum absolute atomic E-state index is 0.0652. The smallest absolute Gasteiger partial charge is 0.282 e. The fraction of sp³-hybridized carbons (Fsp3) is 0.133. The molecule has 0 bridgehead atoms. The third-order valence-electron chi connectivity index (χ3n) is 3.03. The molecule has 0 spiro atoms. The van der Waals surface area contributed by atoms with E-state index in [9.17, 15) is 14.9 Å². The number of benzene rings is 2. The first-order chi connectivity index (χ1) is 9.97. The second-order valence-electron chi connectivity index (χ2n) is 4.70. The van der Waals surface area contributed by atoms with Crippen molar-refractivity contribution < 1.29 is 9.72 Å². The van der Waals surface area contributed by atoms with E-state index in [1.165, 1.54) is 12.1 Å². The van der Waals surface area contributed by atoms with Gasteiger partial charge in [-0.2, -0.15) is 0 Å². The lowest BCUT2D eigenvalue weighted by Gasteiger charge is -2.07. The maximum atomic E-state index is 12.1. The Morgan fingerprint density at radius 3 is 2.52 bits per heavy atom. The van der Waals surface area contributed by atoms with Gasteiger partial charge in [0.15, 0.2) is 0 Å². The number of amides is 1. The van der Waals surface area contributed by atoms with Crippen LogP contribution in [0.2, 0.25) is 0 Å². The van der Waals surface area contributed by atoms with Crippen LogP contribution < -0.4 is 11.1 Å². The Labute approximate surface area is 121 Å². The number of nitrogens with zero attached hydrogens (tertiary/aromatic N) is 1. The van der Waals surface area contributed by atoms with Crippen LogP contribution in [0, 0.1) is 17.0 Å². The molecule has 0 heterocycles. The predicted octanol–water partition coefficient (Wildman–Crippen LogP) is 2.42. The van der Waals surface area contributed by atoms with E-state index in [0.29, 0.717) is 5.69 Å². The highest BCUT2D eigenvalue weighted by molar-refractivity contribution is 5.98. The summed E-state index contributed by atoms with van der Waals surface area (Å²) in [6.45, 7) is 2.06. The lowest BCUT2D eigenvalue weighted by molar-refractivity contribution is -0.385. The van der Waals surface area contributed by atoms with E-state index in [4.69, 9.17) is 5.73 Å². The number of nitro groups is 1. The lowest BCUT2D eigenvalue weighted by Crippen LogP contribution is -2.23. The third kappa shape index (κ3) is 3.56. The molecule has 1 amide bonds. The summed E-state index contributed by atoms with van der Waals surface area (Å²) in [5, 5.41) is 13.6. The van der Waals surface area contributed by atoms with Crippen LogP contribution in [0.4, 0.5) is 11.4 Å². The number of nitro benzene ring substituents is 1. The van der Waals surface area contributed by atoms with Gasteiger partial charge in [0.05, 0.1) is 4.92 Å². The van der Waals surface area contributed by atoms with Gasteiger partial charge in [-0.05, 0) is 36.2 Å². The van der Waals surface area contributed by atoms with Crippen LogP contribution in [0.5, 0.6) is 0 Å². The van der Waals surface area contributed by atoms with E-state index >= 15 is 0 Å². The quantitative estimate of drug-likeness (QED) is 0.512. The minimum atomic E-state index is -0.558. The Morgan fingerprint density at radius 2 is 1.90 bits per heavy atom. The maximum Gasteiger partial charge on any atom is 0.282 e. The normalized spacial score (nSPS) is 10.1. The van der Waals surface area contributed by atoms with Gasteiger partial charge < -0.3 is 11.1 Å². The van der Waals surface area contributed by atoms with Crippen molar-refractivity contribution in [1.82, 2.24) is 5.32 Å². The molecule has 2 rings (SSSR count). The Bertz CT molecular complexity index is 681. The Kier molecular flexibility index (Phi) is 4.18. The number of carbonyl (C=O) groups excluding carboxylic acids is 1. The fourth-order valence-electron chi connectivity index (χ4n) is 1.90. The van der Waals surface area contributed by atoms with Crippen LogP contribution in [0.3, 0.4) is 0 Å².